The molecule has 5 nitrogen and oxygen atoms in total. The lowest BCUT2D eigenvalue weighted by molar-refractivity contribution is 0.324. The van der Waals surface area contributed by atoms with Crippen molar-refractivity contribution >= 4 is 10.8 Å². The molecule has 0 spiro atoms. The zero-order valence-electron chi connectivity index (χ0n) is 15.4. The maximum Gasteiger partial charge on any atom is 0.203 e. The number of hydrogen-bond donors (Lipinski definition) is 0. The first-order valence-corrected chi connectivity index (χ1v) is 8.50. The number of ether oxygens (including phenoxy) is 3. The Balaban J connectivity index is 1.81. The summed E-state index contributed by atoms with van der Waals surface area (Å²) in [5.74, 6) is 2.39. The predicted octanol–water partition coefficient (Wildman–Crippen LogP) is 5.19. The molecular formula is C22H19NO4. The molecule has 4 rings (SSSR count). The van der Waals surface area contributed by atoms with E-state index in [2.05, 4.69) is 23.4 Å². The number of rotatable bonds is 5. The summed E-state index contributed by atoms with van der Waals surface area (Å²) in [5, 5.41) is 6.52. The van der Waals surface area contributed by atoms with Crippen molar-refractivity contribution in [3.05, 3.63) is 60.7 Å². The normalized spacial score (nSPS) is 10.8. The molecular weight excluding hydrogens is 342 g/mol. The third-order valence-corrected chi connectivity index (χ3v) is 4.53. The van der Waals surface area contributed by atoms with Gasteiger partial charge >= 0.3 is 0 Å². The molecule has 0 atom stereocenters. The standard InChI is InChI=1S/C22H19NO4/c1-24-20-11-15(12-21(25-2)22(20)26-3)18-13-19(27-23-18)17-10-6-8-14-7-4-5-9-16(14)17/h4-13H,1-3H3. The van der Waals surface area contributed by atoms with Crippen molar-refractivity contribution in [2.24, 2.45) is 0 Å². The molecule has 0 radical (unpaired) electrons. The minimum Gasteiger partial charge on any atom is -0.493 e. The molecule has 3 aromatic carbocycles. The molecule has 0 saturated heterocycles. The van der Waals surface area contributed by atoms with Gasteiger partial charge in [0.1, 0.15) is 5.69 Å². The van der Waals surface area contributed by atoms with Crippen LogP contribution in [-0.2, 0) is 0 Å². The maximum atomic E-state index is 5.65. The van der Waals surface area contributed by atoms with Crippen molar-refractivity contribution < 1.29 is 18.7 Å². The van der Waals surface area contributed by atoms with Crippen molar-refractivity contribution in [2.75, 3.05) is 21.3 Å². The molecule has 0 amide bonds. The minimum atomic E-state index is 0.543. The van der Waals surface area contributed by atoms with Crippen LogP contribution >= 0.6 is 0 Å². The van der Waals surface area contributed by atoms with Crippen LogP contribution in [0.25, 0.3) is 33.4 Å². The van der Waals surface area contributed by atoms with Gasteiger partial charge in [0.05, 0.1) is 21.3 Å². The third kappa shape index (κ3) is 2.97. The van der Waals surface area contributed by atoms with Crippen LogP contribution in [0.1, 0.15) is 0 Å². The lowest BCUT2D eigenvalue weighted by atomic mass is 10.0. The highest BCUT2D eigenvalue weighted by Crippen LogP contribution is 2.41. The molecule has 0 saturated carbocycles. The van der Waals surface area contributed by atoms with Crippen LogP contribution in [0.3, 0.4) is 0 Å². The fraction of sp³-hybridized carbons (Fsp3) is 0.136. The van der Waals surface area contributed by atoms with E-state index in [1.165, 1.54) is 0 Å². The number of fused-ring (bicyclic) bond motifs is 1. The number of hydrogen-bond acceptors (Lipinski definition) is 5. The van der Waals surface area contributed by atoms with Gasteiger partial charge in [-0.3, -0.25) is 0 Å². The number of nitrogens with zero attached hydrogens (tertiary/aromatic N) is 1. The monoisotopic (exact) mass is 361 g/mol. The smallest absolute Gasteiger partial charge is 0.203 e. The summed E-state index contributed by atoms with van der Waals surface area (Å²) in [6.07, 6.45) is 0. The van der Waals surface area contributed by atoms with Crippen LogP contribution in [0.2, 0.25) is 0 Å². The SMILES string of the molecule is COc1cc(-c2cc(-c3cccc4ccccc34)on2)cc(OC)c1OC. The van der Waals surface area contributed by atoms with Crippen LogP contribution in [0.15, 0.2) is 65.2 Å². The zero-order valence-corrected chi connectivity index (χ0v) is 15.4. The Morgan fingerprint density at radius 2 is 1.48 bits per heavy atom. The summed E-state index contributed by atoms with van der Waals surface area (Å²) in [6.45, 7) is 0. The average Bonchev–Trinajstić information content (AvgIpc) is 3.22. The van der Waals surface area contributed by atoms with Crippen LogP contribution in [0, 0.1) is 0 Å². The Bertz CT molecular complexity index is 1070. The van der Waals surface area contributed by atoms with Gasteiger partial charge in [0.15, 0.2) is 17.3 Å². The van der Waals surface area contributed by atoms with Gasteiger partial charge in [-0.1, -0.05) is 47.6 Å². The van der Waals surface area contributed by atoms with Crippen molar-refractivity contribution in [3.63, 3.8) is 0 Å². The van der Waals surface area contributed by atoms with Crippen LogP contribution in [0.4, 0.5) is 0 Å². The second kappa shape index (κ2) is 7.03. The van der Waals surface area contributed by atoms with Crippen LogP contribution < -0.4 is 14.2 Å². The number of benzene rings is 3. The van der Waals surface area contributed by atoms with E-state index in [4.69, 9.17) is 18.7 Å². The van der Waals surface area contributed by atoms with E-state index >= 15 is 0 Å². The summed E-state index contributed by atoms with van der Waals surface area (Å²) in [7, 11) is 4.76. The summed E-state index contributed by atoms with van der Waals surface area (Å²) in [5.41, 5.74) is 2.51. The largest absolute Gasteiger partial charge is 0.493 e. The highest BCUT2D eigenvalue weighted by Gasteiger charge is 2.17. The van der Waals surface area contributed by atoms with Crippen LogP contribution in [0.5, 0.6) is 17.2 Å². The Hall–Kier alpha value is -3.47. The molecule has 0 aliphatic rings. The molecule has 1 heterocycles. The van der Waals surface area contributed by atoms with E-state index in [-0.39, 0.29) is 0 Å². The Morgan fingerprint density at radius 3 is 2.19 bits per heavy atom. The van der Waals surface area contributed by atoms with E-state index in [1.54, 1.807) is 21.3 Å². The van der Waals surface area contributed by atoms with Crippen molar-refractivity contribution in [1.29, 1.82) is 0 Å². The van der Waals surface area contributed by atoms with Gasteiger partial charge in [-0.2, -0.15) is 0 Å². The zero-order chi connectivity index (χ0) is 18.8. The molecule has 5 heteroatoms. The van der Waals surface area contributed by atoms with Gasteiger partial charge in [-0.15, -0.1) is 0 Å². The quantitative estimate of drug-likeness (QED) is 0.490. The Kier molecular flexibility index (Phi) is 4.42. The van der Waals surface area contributed by atoms with Gasteiger partial charge in [0.2, 0.25) is 5.75 Å². The highest BCUT2D eigenvalue weighted by atomic mass is 16.5. The van der Waals surface area contributed by atoms with Gasteiger partial charge in [-0.25, -0.2) is 0 Å². The lowest BCUT2D eigenvalue weighted by Gasteiger charge is -2.13. The highest BCUT2D eigenvalue weighted by molar-refractivity contribution is 5.95. The molecule has 0 unspecified atom stereocenters. The van der Waals surface area contributed by atoms with Gasteiger partial charge in [0.25, 0.3) is 0 Å². The summed E-state index contributed by atoms with van der Waals surface area (Å²) in [6, 6.07) is 19.9. The maximum absolute atomic E-state index is 5.65. The van der Waals surface area contributed by atoms with Gasteiger partial charge in [-0.05, 0) is 22.9 Å². The second-order valence-electron chi connectivity index (χ2n) is 6.02. The average molecular weight is 361 g/mol. The van der Waals surface area contributed by atoms with E-state index in [9.17, 15) is 0 Å². The fourth-order valence-corrected chi connectivity index (χ4v) is 3.21. The molecule has 1 aromatic heterocycles. The van der Waals surface area contributed by atoms with Crippen molar-refractivity contribution in [2.45, 2.75) is 0 Å². The fourth-order valence-electron chi connectivity index (χ4n) is 3.21. The van der Waals surface area contributed by atoms with Crippen LogP contribution in [-0.4, -0.2) is 26.5 Å². The van der Waals surface area contributed by atoms with E-state index in [1.807, 2.05) is 42.5 Å². The molecule has 4 aromatic rings. The van der Waals surface area contributed by atoms with E-state index < -0.39 is 0 Å². The molecule has 0 N–H and O–H groups in total. The third-order valence-electron chi connectivity index (χ3n) is 4.53. The summed E-state index contributed by atoms with van der Waals surface area (Å²) in [4.78, 5) is 0. The topological polar surface area (TPSA) is 53.7 Å². The molecule has 0 aliphatic heterocycles. The first-order valence-electron chi connectivity index (χ1n) is 8.50. The lowest BCUT2D eigenvalue weighted by Crippen LogP contribution is -1.95. The van der Waals surface area contributed by atoms with E-state index in [0.717, 1.165) is 21.9 Å². The first kappa shape index (κ1) is 17.0. The van der Waals surface area contributed by atoms with Crippen molar-refractivity contribution in [1.82, 2.24) is 5.16 Å². The van der Waals surface area contributed by atoms with Crippen molar-refractivity contribution in [3.8, 4) is 39.8 Å². The second-order valence-corrected chi connectivity index (χ2v) is 6.02. The number of methoxy groups -OCH3 is 3. The molecule has 136 valence electrons. The number of aromatic nitrogens is 1. The molecule has 0 aliphatic carbocycles. The minimum absolute atomic E-state index is 0.543. The summed E-state index contributed by atoms with van der Waals surface area (Å²) < 4.78 is 21.9. The first-order chi connectivity index (χ1) is 13.2. The predicted molar refractivity (Wildman–Crippen MR) is 105 cm³/mol. The Morgan fingerprint density at radius 1 is 0.778 bits per heavy atom. The summed E-state index contributed by atoms with van der Waals surface area (Å²) >= 11 is 0. The van der Waals surface area contributed by atoms with Gasteiger partial charge < -0.3 is 18.7 Å². The van der Waals surface area contributed by atoms with E-state index in [0.29, 0.717) is 28.7 Å². The molecule has 0 bridgehead atoms. The van der Waals surface area contributed by atoms with Gasteiger partial charge in [0, 0.05) is 17.2 Å². The Labute approximate surface area is 157 Å². The molecule has 27 heavy (non-hydrogen) atoms. The molecule has 0 fully saturated rings.